The first-order chi connectivity index (χ1) is 8.90. The zero-order valence-electron chi connectivity index (χ0n) is 11.7. The Kier molecular flexibility index (Phi) is 3.42. The van der Waals surface area contributed by atoms with E-state index in [1.165, 1.54) is 28.5 Å². The molecule has 1 aromatic carbocycles. The fourth-order valence-corrected chi connectivity index (χ4v) is 2.42. The topological polar surface area (TPSA) is 55.1 Å². The third-order valence-electron chi connectivity index (χ3n) is 3.48. The smallest absolute Gasteiger partial charge is 0.339 e. The Balaban J connectivity index is 2.40. The van der Waals surface area contributed by atoms with Crippen molar-refractivity contribution in [1.82, 2.24) is 9.78 Å². The van der Waals surface area contributed by atoms with Gasteiger partial charge >= 0.3 is 5.97 Å². The maximum atomic E-state index is 11.0. The van der Waals surface area contributed by atoms with Crippen molar-refractivity contribution < 1.29 is 9.90 Å². The molecule has 4 heteroatoms. The summed E-state index contributed by atoms with van der Waals surface area (Å²) in [5.74, 6) is -0.930. The minimum absolute atomic E-state index is 0.266. The number of aromatic nitrogens is 2. The maximum Gasteiger partial charge on any atom is 0.339 e. The van der Waals surface area contributed by atoms with Crippen molar-refractivity contribution in [3.63, 3.8) is 0 Å². The van der Waals surface area contributed by atoms with Crippen LogP contribution in [0.4, 0.5) is 0 Å². The highest BCUT2D eigenvalue weighted by molar-refractivity contribution is 5.88. The minimum atomic E-state index is -0.930. The molecule has 0 unspecified atom stereocenters. The number of aryl methyl sites for hydroxylation is 3. The molecular formula is C15H18N2O2. The Hall–Kier alpha value is -2.10. The van der Waals surface area contributed by atoms with Crippen molar-refractivity contribution in [3.05, 3.63) is 51.8 Å². The van der Waals surface area contributed by atoms with Gasteiger partial charge in [0.15, 0.2) is 0 Å². The monoisotopic (exact) mass is 258 g/mol. The van der Waals surface area contributed by atoms with Crippen LogP contribution < -0.4 is 0 Å². The molecule has 0 bridgehead atoms. The molecule has 1 aromatic heterocycles. The summed E-state index contributed by atoms with van der Waals surface area (Å²) in [5, 5.41) is 13.2. The van der Waals surface area contributed by atoms with E-state index in [-0.39, 0.29) is 5.56 Å². The number of benzene rings is 1. The van der Waals surface area contributed by atoms with Gasteiger partial charge in [-0.1, -0.05) is 17.7 Å². The Morgan fingerprint density at radius 1 is 1.21 bits per heavy atom. The first kappa shape index (κ1) is 13.3. The van der Waals surface area contributed by atoms with Gasteiger partial charge in [-0.3, -0.25) is 4.68 Å². The molecule has 0 radical (unpaired) electrons. The van der Waals surface area contributed by atoms with E-state index >= 15 is 0 Å². The lowest BCUT2D eigenvalue weighted by Gasteiger charge is -2.12. The van der Waals surface area contributed by atoms with E-state index in [2.05, 4.69) is 38.0 Å². The van der Waals surface area contributed by atoms with E-state index in [1.807, 2.05) is 0 Å². The molecule has 0 amide bonds. The van der Waals surface area contributed by atoms with E-state index in [0.717, 1.165) is 0 Å². The first-order valence-corrected chi connectivity index (χ1v) is 6.22. The van der Waals surface area contributed by atoms with Gasteiger partial charge in [-0.15, -0.1) is 0 Å². The third kappa shape index (κ3) is 2.52. The van der Waals surface area contributed by atoms with Gasteiger partial charge < -0.3 is 5.11 Å². The molecule has 0 aliphatic carbocycles. The zero-order chi connectivity index (χ0) is 14.2. The van der Waals surface area contributed by atoms with Gasteiger partial charge in [-0.2, -0.15) is 5.10 Å². The van der Waals surface area contributed by atoms with Gasteiger partial charge in [0.05, 0.1) is 18.4 Å². The quantitative estimate of drug-likeness (QED) is 0.921. The highest BCUT2D eigenvalue weighted by Gasteiger charge is 2.14. The first-order valence-electron chi connectivity index (χ1n) is 6.22. The zero-order valence-corrected chi connectivity index (χ0v) is 11.7. The Morgan fingerprint density at radius 2 is 1.79 bits per heavy atom. The fraction of sp³-hybridized carbons (Fsp3) is 0.333. The van der Waals surface area contributed by atoms with Crippen LogP contribution in [0.1, 0.15) is 38.3 Å². The Morgan fingerprint density at radius 3 is 2.26 bits per heavy atom. The molecular weight excluding hydrogens is 240 g/mol. The Labute approximate surface area is 112 Å². The van der Waals surface area contributed by atoms with Crippen LogP contribution in [-0.2, 0) is 6.54 Å². The number of nitrogens with zero attached hydrogens (tertiary/aromatic N) is 2. The third-order valence-corrected chi connectivity index (χ3v) is 3.48. The molecule has 2 rings (SSSR count). The van der Waals surface area contributed by atoms with Gasteiger partial charge in [0.2, 0.25) is 0 Å². The average Bonchev–Trinajstić information content (AvgIpc) is 2.65. The second-order valence-corrected chi connectivity index (χ2v) is 4.98. The summed E-state index contributed by atoms with van der Waals surface area (Å²) in [6, 6.07) is 4.28. The molecule has 1 N–H and O–H groups in total. The number of hydrogen-bond acceptors (Lipinski definition) is 2. The molecule has 2 aromatic rings. The van der Waals surface area contributed by atoms with Crippen molar-refractivity contribution in [1.29, 1.82) is 0 Å². The van der Waals surface area contributed by atoms with Crippen LogP contribution in [0.15, 0.2) is 18.3 Å². The number of hydrogen-bond donors (Lipinski definition) is 1. The molecule has 1 heterocycles. The number of aromatic carboxylic acids is 1. The largest absolute Gasteiger partial charge is 0.478 e. The summed E-state index contributed by atoms with van der Waals surface area (Å²) in [5.41, 5.74) is 5.82. The average molecular weight is 258 g/mol. The molecule has 0 saturated heterocycles. The van der Waals surface area contributed by atoms with E-state index in [0.29, 0.717) is 12.2 Å². The molecule has 4 nitrogen and oxygen atoms in total. The lowest BCUT2D eigenvalue weighted by atomic mass is 10.00. The number of rotatable bonds is 3. The van der Waals surface area contributed by atoms with Gasteiger partial charge in [0, 0.05) is 0 Å². The van der Waals surface area contributed by atoms with Crippen molar-refractivity contribution in [3.8, 4) is 0 Å². The van der Waals surface area contributed by atoms with Gasteiger partial charge in [-0.05, 0) is 44.4 Å². The predicted molar refractivity (Wildman–Crippen MR) is 73.7 cm³/mol. The number of carbonyl (C=O) groups is 1. The Bertz CT molecular complexity index is 619. The van der Waals surface area contributed by atoms with Crippen molar-refractivity contribution in [2.45, 2.75) is 34.2 Å². The number of carboxylic acid groups (broad SMARTS) is 1. The molecule has 0 spiro atoms. The summed E-state index contributed by atoms with van der Waals surface area (Å²) in [4.78, 5) is 11.0. The molecule has 0 aliphatic heterocycles. The highest BCUT2D eigenvalue weighted by atomic mass is 16.4. The molecule has 100 valence electrons. The molecule has 0 saturated carbocycles. The van der Waals surface area contributed by atoms with Crippen LogP contribution in [0, 0.1) is 27.7 Å². The standard InChI is InChI=1S/C15H18N2O2/c1-9-5-10(2)14(11(3)6-9)8-17-12(4)13(7-16-17)15(18)19/h5-7H,8H2,1-4H3,(H,18,19). The minimum Gasteiger partial charge on any atom is -0.478 e. The summed E-state index contributed by atoms with van der Waals surface area (Å²) in [6.07, 6.45) is 1.41. The second-order valence-electron chi connectivity index (χ2n) is 4.98. The van der Waals surface area contributed by atoms with Crippen LogP contribution in [0.3, 0.4) is 0 Å². The molecule has 0 aliphatic rings. The van der Waals surface area contributed by atoms with Crippen molar-refractivity contribution >= 4 is 5.97 Å². The van der Waals surface area contributed by atoms with E-state index < -0.39 is 5.97 Å². The lowest BCUT2D eigenvalue weighted by Crippen LogP contribution is -2.08. The second kappa shape index (κ2) is 4.88. The molecule has 0 fully saturated rings. The summed E-state index contributed by atoms with van der Waals surface area (Å²) in [6.45, 7) is 8.62. The van der Waals surface area contributed by atoms with Crippen LogP contribution in [0.25, 0.3) is 0 Å². The molecule has 19 heavy (non-hydrogen) atoms. The van der Waals surface area contributed by atoms with Crippen LogP contribution in [0.2, 0.25) is 0 Å². The van der Waals surface area contributed by atoms with Gasteiger partial charge in [-0.25, -0.2) is 4.79 Å². The van der Waals surface area contributed by atoms with Crippen molar-refractivity contribution in [2.75, 3.05) is 0 Å². The lowest BCUT2D eigenvalue weighted by molar-refractivity contribution is 0.0696. The maximum absolute atomic E-state index is 11.0. The summed E-state index contributed by atoms with van der Waals surface area (Å²) < 4.78 is 1.74. The van der Waals surface area contributed by atoms with Gasteiger partial charge in [0.25, 0.3) is 0 Å². The van der Waals surface area contributed by atoms with Gasteiger partial charge in [0.1, 0.15) is 5.56 Å². The highest BCUT2D eigenvalue weighted by Crippen LogP contribution is 2.19. The fourth-order valence-electron chi connectivity index (χ4n) is 2.42. The molecule has 0 atom stereocenters. The van der Waals surface area contributed by atoms with Crippen LogP contribution in [0.5, 0.6) is 0 Å². The summed E-state index contributed by atoms with van der Waals surface area (Å²) in [7, 11) is 0. The van der Waals surface area contributed by atoms with E-state index in [4.69, 9.17) is 5.11 Å². The van der Waals surface area contributed by atoms with E-state index in [9.17, 15) is 4.79 Å². The van der Waals surface area contributed by atoms with Crippen molar-refractivity contribution in [2.24, 2.45) is 0 Å². The summed E-state index contributed by atoms with van der Waals surface area (Å²) >= 11 is 0. The predicted octanol–water partition coefficient (Wildman–Crippen LogP) is 2.86. The van der Waals surface area contributed by atoms with E-state index in [1.54, 1.807) is 11.6 Å². The van der Waals surface area contributed by atoms with Crippen LogP contribution >= 0.6 is 0 Å². The SMILES string of the molecule is Cc1cc(C)c(Cn2ncc(C(=O)O)c2C)c(C)c1. The van der Waals surface area contributed by atoms with Crippen LogP contribution in [-0.4, -0.2) is 20.9 Å². The number of carboxylic acids is 1. The normalized spacial score (nSPS) is 10.7.